The van der Waals surface area contributed by atoms with Crippen LogP contribution in [0.25, 0.3) is 10.9 Å². The predicted molar refractivity (Wildman–Crippen MR) is 72.8 cm³/mol. The van der Waals surface area contributed by atoms with Crippen LogP contribution in [0.3, 0.4) is 0 Å². The van der Waals surface area contributed by atoms with Crippen molar-refractivity contribution in [3.05, 3.63) is 36.5 Å². The molecule has 3 N–H and O–H groups in total. The first kappa shape index (κ1) is 12.1. The molecule has 1 aliphatic rings. The number of aromatic nitrogens is 1. The number of anilines is 1. The molecule has 0 spiro atoms. The fraction of sp³-hybridized carbons (Fsp3) is 0.286. The number of aliphatic hydroxyl groups is 1. The fourth-order valence-electron chi connectivity index (χ4n) is 2.29. The lowest BCUT2D eigenvalue weighted by molar-refractivity contribution is -0.117. The van der Waals surface area contributed by atoms with Gasteiger partial charge >= 0.3 is 0 Å². The number of carbonyl (C=O) groups excluding carboxylic acids is 1. The van der Waals surface area contributed by atoms with E-state index in [-0.39, 0.29) is 11.9 Å². The molecule has 2 heterocycles. The van der Waals surface area contributed by atoms with Crippen LogP contribution in [0.2, 0.25) is 0 Å². The monoisotopic (exact) mass is 257 g/mol. The molecule has 0 bridgehead atoms. The SMILES string of the molecule is O=C(Nc1cnc2ccccc2c1)[C@@H]1C[C@@H](O)CN1. The van der Waals surface area contributed by atoms with Crippen molar-refractivity contribution < 1.29 is 9.90 Å². The molecule has 0 unspecified atom stereocenters. The lowest BCUT2D eigenvalue weighted by Crippen LogP contribution is -2.35. The van der Waals surface area contributed by atoms with Gasteiger partial charge in [-0.05, 0) is 18.6 Å². The van der Waals surface area contributed by atoms with Crippen LogP contribution in [0.15, 0.2) is 36.5 Å². The summed E-state index contributed by atoms with van der Waals surface area (Å²) in [6, 6.07) is 9.31. The van der Waals surface area contributed by atoms with Crippen LogP contribution in [0, 0.1) is 0 Å². The molecule has 2 aromatic rings. The van der Waals surface area contributed by atoms with Crippen LogP contribution in [0.5, 0.6) is 0 Å². The van der Waals surface area contributed by atoms with Crippen molar-refractivity contribution in [2.24, 2.45) is 0 Å². The molecule has 1 fully saturated rings. The van der Waals surface area contributed by atoms with E-state index < -0.39 is 6.10 Å². The summed E-state index contributed by atoms with van der Waals surface area (Å²) in [5, 5.41) is 16.2. The Morgan fingerprint density at radius 1 is 1.42 bits per heavy atom. The van der Waals surface area contributed by atoms with Gasteiger partial charge in [0.25, 0.3) is 0 Å². The third-order valence-electron chi connectivity index (χ3n) is 3.28. The Morgan fingerprint density at radius 2 is 2.26 bits per heavy atom. The number of carbonyl (C=O) groups is 1. The van der Waals surface area contributed by atoms with Crippen molar-refractivity contribution in [3.8, 4) is 0 Å². The summed E-state index contributed by atoms with van der Waals surface area (Å²) in [5.41, 5.74) is 1.57. The normalized spacial score (nSPS) is 22.6. The minimum absolute atomic E-state index is 0.131. The van der Waals surface area contributed by atoms with Crippen molar-refractivity contribution in [1.29, 1.82) is 0 Å². The minimum atomic E-state index is -0.439. The van der Waals surface area contributed by atoms with Crippen molar-refractivity contribution in [1.82, 2.24) is 10.3 Å². The Bertz CT molecular complexity index is 614. The number of benzene rings is 1. The van der Waals surface area contributed by atoms with E-state index in [0.717, 1.165) is 10.9 Å². The van der Waals surface area contributed by atoms with Gasteiger partial charge in [-0.2, -0.15) is 0 Å². The van der Waals surface area contributed by atoms with Crippen molar-refractivity contribution in [2.45, 2.75) is 18.6 Å². The summed E-state index contributed by atoms with van der Waals surface area (Å²) >= 11 is 0. The fourth-order valence-corrected chi connectivity index (χ4v) is 2.29. The zero-order chi connectivity index (χ0) is 13.2. The van der Waals surface area contributed by atoms with Crippen LogP contribution in [0.1, 0.15) is 6.42 Å². The molecule has 3 rings (SSSR count). The number of rotatable bonds is 2. The Hall–Kier alpha value is -1.98. The highest BCUT2D eigenvalue weighted by Gasteiger charge is 2.27. The molecule has 0 aliphatic carbocycles. The van der Waals surface area contributed by atoms with Gasteiger partial charge in [-0.3, -0.25) is 9.78 Å². The molecule has 0 radical (unpaired) electrons. The highest BCUT2D eigenvalue weighted by atomic mass is 16.3. The average molecular weight is 257 g/mol. The number of amides is 1. The van der Waals surface area contributed by atoms with E-state index in [1.54, 1.807) is 6.20 Å². The van der Waals surface area contributed by atoms with Gasteiger partial charge in [0.15, 0.2) is 0 Å². The molecule has 1 saturated heterocycles. The van der Waals surface area contributed by atoms with Gasteiger partial charge < -0.3 is 15.7 Å². The maximum Gasteiger partial charge on any atom is 0.241 e. The van der Waals surface area contributed by atoms with E-state index in [4.69, 9.17) is 0 Å². The minimum Gasteiger partial charge on any atom is -0.392 e. The number of aliphatic hydroxyl groups excluding tert-OH is 1. The molecular weight excluding hydrogens is 242 g/mol. The molecule has 19 heavy (non-hydrogen) atoms. The van der Waals surface area contributed by atoms with Gasteiger partial charge in [0, 0.05) is 11.9 Å². The summed E-state index contributed by atoms with van der Waals surface area (Å²) in [6.07, 6.45) is 1.66. The van der Waals surface area contributed by atoms with Gasteiger partial charge in [-0.25, -0.2) is 0 Å². The summed E-state index contributed by atoms with van der Waals surface area (Å²) < 4.78 is 0. The molecule has 1 aromatic carbocycles. The van der Waals surface area contributed by atoms with Crippen LogP contribution < -0.4 is 10.6 Å². The van der Waals surface area contributed by atoms with Gasteiger partial charge in [0.2, 0.25) is 5.91 Å². The summed E-state index contributed by atoms with van der Waals surface area (Å²) in [4.78, 5) is 16.3. The van der Waals surface area contributed by atoms with Crippen LogP contribution in [0.4, 0.5) is 5.69 Å². The van der Waals surface area contributed by atoms with Gasteiger partial charge in [-0.15, -0.1) is 0 Å². The van der Waals surface area contributed by atoms with E-state index in [9.17, 15) is 9.90 Å². The second kappa shape index (κ2) is 4.95. The molecule has 1 aromatic heterocycles. The lowest BCUT2D eigenvalue weighted by atomic mass is 10.2. The predicted octanol–water partition coefficient (Wildman–Crippen LogP) is 0.896. The number of fused-ring (bicyclic) bond motifs is 1. The summed E-state index contributed by atoms with van der Waals surface area (Å²) in [6.45, 7) is 0.466. The lowest BCUT2D eigenvalue weighted by Gasteiger charge is -2.11. The Labute approximate surface area is 110 Å². The Morgan fingerprint density at radius 3 is 3.05 bits per heavy atom. The smallest absolute Gasteiger partial charge is 0.241 e. The van der Waals surface area contributed by atoms with E-state index in [1.807, 2.05) is 30.3 Å². The summed E-state index contributed by atoms with van der Waals surface area (Å²) in [7, 11) is 0. The van der Waals surface area contributed by atoms with Gasteiger partial charge in [0.05, 0.1) is 29.5 Å². The number of hydrogen-bond acceptors (Lipinski definition) is 4. The molecule has 5 heteroatoms. The molecule has 1 aliphatic heterocycles. The maximum absolute atomic E-state index is 12.0. The second-order valence-electron chi connectivity index (χ2n) is 4.76. The number of β-amino-alcohol motifs (C(OH)–C–C–N with tert-alkyl or cyclic N) is 1. The second-order valence-corrected chi connectivity index (χ2v) is 4.76. The topological polar surface area (TPSA) is 74.2 Å². The average Bonchev–Trinajstić information content (AvgIpc) is 2.85. The highest BCUT2D eigenvalue weighted by molar-refractivity contribution is 5.96. The van der Waals surface area contributed by atoms with Crippen molar-refractivity contribution >= 4 is 22.5 Å². The maximum atomic E-state index is 12.0. The number of nitrogens with zero attached hydrogens (tertiary/aromatic N) is 1. The standard InChI is InChI=1S/C14H15N3O2/c18-11-6-13(16-8-11)14(19)17-10-5-9-3-1-2-4-12(9)15-7-10/h1-5,7,11,13,16,18H,6,8H2,(H,17,19)/t11-,13+/m1/s1. The quantitative estimate of drug-likeness (QED) is 0.747. The van der Waals surface area contributed by atoms with Gasteiger partial charge in [0.1, 0.15) is 0 Å². The Balaban J connectivity index is 1.76. The molecule has 2 atom stereocenters. The van der Waals surface area contributed by atoms with E-state index in [2.05, 4.69) is 15.6 Å². The van der Waals surface area contributed by atoms with Crippen LogP contribution in [-0.2, 0) is 4.79 Å². The molecular formula is C14H15N3O2. The molecule has 1 amide bonds. The first-order valence-corrected chi connectivity index (χ1v) is 6.29. The molecule has 5 nitrogen and oxygen atoms in total. The zero-order valence-corrected chi connectivity index (χ0v) is 10.3. The number of nitrogens with one attached hydrogen (secondary N) is 2. The Kier molecular flexibility index (Phi) is 3.15. The molecule has 98 valence electrons. The first-order valence-electron chi connectivity index (χ1n) is 6.29. The zero-order valence-electron chi connectivity index (χ0n) is 10.3. The number of hydrogen-bond donors (Lipinski definition) is 3. The third-order valence-corrected chi connectivity index (χ3v) is 3.28. The third kappa shape index (κ3) is 2.57. The van der Waals surface area contributed by atoms with Crippen LogP contribution >= 0.6 is 0 Å². The number of para-hydroxylation sites is 1. The van der Waals surface area contributed by atoms with Crippen molar-refractivity contribution in [3.63, 3.8) is 0 Å². The van der Waals surface area contributed by atoms with Gasteiger partial charge in [-0.1, -0.05) is 18.2 Å². The highest BCUT2D eigenvalue weighted by Crippen LogP contribution is 2.17. The van der Waals surface area contributed by atoms with E-state index >= 15 is 0 Å². The van der Waals surface area contributed by atoms with E-state index in [1.165, 1.54) is 0 Å². The summed E-state index contributed by atoms with van der Waals surface area (Å²) in [5.74, 6) is -0.131. The van der Waals surface area contributed by atoms with Crippen molar-refractivity contribution in [2.75, 3.05) is 11.9 Å². The molecule has 0 saturated carbocycles. The number of pyridine rings is 1. The van der Waals surface area contributed by atoms with Crippen LogP contribution in [-0.4, -0.2) is 34.7 Å². The largest absolute Gasteiger partial charge is 0.392 e. The van der Waals surface area contributed by atoms with E-state index in [0.29, 0.717) is 18.7 Å². The first-order chi connectivity index (χ1) is 9.22.